The SMILES string of the molecule is CCOC(=O)c1cc(-c2cccs2)nc2c(C)cc(C)cc12. The summed E-state index contributed by atoms with van der Waals surface area (Å²) in [5.41, 5.74) is 4.44. The first-order valence-electron chi connectivity index (χ1n) is 7.23. The van der Waals surface area contributed by atoms with Gasteiger partial charge >= 0.3 is 5.97 Å². The lowest BCUT2D eigenvalue weighted by Crippen LogP contribution is -2.07. The summed E-state index contributed by atoms with van der Waals surface area (Å²) in [6.07, 6.45) is 0. The van der Waals surface area contributed by atoms with Crippen LogP contribution >= 0.6 is 11.3 Å². The molecule has 0 bridgehead atoms. The maximum Gasteiger partial charge on any atom is 0.338 e. The van der Waals surface area contributed by atoms with E-state index < -0.39 is 0 Å². The summed E-state index contributed by atoms with van der Waals surface area (Å²) < 4.78 is 5.22. The highest BCUT2D eigenvalue weighted by atomic mass is 32.1. The van der Waals surface area contributed by atoms with Crippen LogP contribution < -0.4 is 0 Å². The van der Waals surface area contributed by atoms with Gasteiger partial charge in [0.05, 0.1) is 28.3 Å². The molecule has 0 saturated carbocycles. The van der Waals surface area contributed by atoms with Gasteiger partial charge in [0.15, 0.2) is 0 Å². The first kappa shape index (κ1) is 14.7. The van der Waals surface area contributed by atoms with Crippen molar-refractivity contribution in [1.82, 2.24) is 4.98 Å². The van der Waals surface area contributed by atoms with E-state index in [-0.39, 0.29) is 5.97 Å². The van der Waals surface area contributed by atoms with Crippen LogP contribution in [0.5, 0.6) is 0 Å². The van der Waals surface area contributed by atoms with E-state index in [1.165, 1.54) is 0 Å². The monoisotopic (exact) mass is 311 g/mol. The number of carbonyl (C=O) groups is 1. The Bertz CT molecular complexity index is 838. The molecule has 0 aliphatic heterocycles. The van der Waals surface area contributed by atoms with Gasteiger partial charge in [-0.05, 0) is 49.9 Å². The molecule has 0 aliphatic rings. The van der Waals surface area contributed by atoms with Crippen LogP contribution in [0.4, 0.5) is 0 Å². The minimum atomic E-state index is -0.294. The van der Waals surface area contributed by atoms with Crippen LogP contribution in [0, 0.1) is 13.8 Å². The minimum absolute atomic E-state index is 0.294. The number of rotatable bonds is 3. The number of benzene rings is 1. The molecule has 4 heteroatoms. The minimum Gasteiger partial charge on any atom is -0.462 e. The van der Waals surface area contributed by atoms with Gasteiger partial charge in [-0.2, -0.15) is 0 Å². The Balaban J connectivity index is 2.31. The molecular weight excluding hydrogens is 294 g/mol. The third-order valence-electron chi connectivity index (χ3n) is 3.52. The topological polar surface area (TPSA) is 39.2 Å². The van der Waals surface area contributed by atoms with Crippen molar-refractivity contribution in [2.24, 2.45) is 0 Å². The summed E-state index contributed by atoms with van der Waals surface area (Å²) in [7, 11) is 0. The summed E-state index contributed by atoms with van der Waals surface area (Å²) in [4.78, 5) is 18.2. The molecule has 0 amide bonds. The van der Waals surface area contributed by atoms with Crippen molar-refractivity contribution < 1.29 is 9.53 Å². The lowest BCUT2D eigenvalue weighted by Gasteiger charge is -2.11. The largest absolute Gasteiger partial charge is 0.462 e. The van der Waals surface area contributed by atoms with Crippen LogP contribution in [0.15, 0.2) is 35.7 Å². The van der Waals surface area contributed by atoms with Crippen LogP contribution in [-0.2, 0) is 4.74 Å². The molecule has 3 aromatic rings. The van der Waals surface area contributed by atoms with E-state index in [0.29, 0.717) is 12.2 Å². The second-order valence-corrected chi connectivity index (χ2v) is 6.18. The molecule has 0 aliphatic carbocycles. The number of aryl methyl sites for hydroxylation is 2. The molecule has 3 rings (SSSR count). The number of esters is 1. The van der Waals surface area contributed by atoms with Crippen LogP contribution in [0.2, 0.25) is 0 Å². The van der Waals surface area contributed by atoms with E-state index >= 15 is 0 Å². The number of hydrogen-bond donors (Lipinski definition) is 0. The van der Waals surface area contributed by atoms with Crippen molar-refractivity contribution in [2.75, 3.05) is 6.61 Å². The van der Waals surface area contributed by atoms with Crippen LogP contribution in [0.1, 0.15) is 28.4 Å². The van der Waals surface area contributed by atoms with Crippen molar-refractivity contribution >= 4 is 28.2 Å². The number of aromatic nitrogens is 1. The van der Waals surface area contributed by atoms with Crippen LogP contribution in [0.3, 0.4) is 0 Å². The zero-order valence-electron chi connectivity index (χ0n) is 12.8. The summed E-state index contributed by atoms with van der Waals surface area (Å²) in [5.74, 6) is -0.294. The number of pyridine rings is 1. The van der Waals surface area contributed by atoms with Crippen molar-refractivity contribution in [3.63, 3.8) is 0 Å². The summed E-state index contributed by atoms with van der Waals surface area (Å²) >= 11 is 1.61. The highest BCUT2D eigenvalue weighted by Crippen LogP contribution is 2.30. The molecule has 0 N–H and O–H groups in total. The maximum absolute atomic E-state index is 12.4. The van der Waals surface area contributed by atoms with E-state index in [4.69, 9.17) is 9.72 Å². The highest BCUT2D eigenvalue weighted by Gasteiger charge is 2.16. The van der Waals surface area contributed by atoms with Gasteiger partial charge in [0.2, 0.25) is 0 Å². The molecule has 0 spiro atoms. The fourth-order valence-corrected chi connectivity index (χ4v) is 3.30. The van der Waals surface area contributed by atoms with Crippen LogP contribution in [-0.4, -0.2) is 17.6 Å². The summed E-state index contributed by atoms with van der Waals surface area (Å²) in [6, 6.07) is 9.92. The Labute approximate surface area is 133 Å². The Morgan fingerprint density at radius 3 is 2.77 bits per heavy atom. The van der Waals surface area contributed by atoms with E-state index in [2.05, 4.69) is 6.07 Å². The maximum atomic E-state index is 12.4. The Kier molecular flexibility index (Phi) is 3.94. The van der Waals surface area contributed by atoms with E-state index in [9.17, 15) is 4.79 Å². The molecule has 0 atom stereocenters. The van der Waals surface area contributed by atoms with Gasteiger partial charge in [-0.3, -0.25) is 0 Å². The van der Waals surface area contributed by atoms with E-state index in [1.807, 2.05) is 50.4 Å². The Hall–Kier alpha value is -2.20. The number of carbonyl (C=O) groups excluding carboxylic acids is 1. The van der Waals surface area contributed by atoms with Gasteiger partial charge in [-0.25, -0.2) is 9.78 Å². The highest BCUT2D eigenvalue weighted by molar-refractivity contribution is 7.13. The molecular formula is C18H17NO2S. The van der Waals surface area contributed by atoms with E-state index in [0.717, 1.165) is 32.6 Å². The fourth-order valence-electron chi connectivity index (χ4n) is 2.61. The molecule has 112 valence electrons. The average Bonchev–Trinajstić information content (AvgIpc) is 3.00. The number of nitrogens with zero attached hydrogens (tertiary/aromatic N) is 1. The molecule has 0 radical (unpaired) electrons. The van der Waals surface area contributed by atoms with E-state index in [1.54, 1.807) is 11.3 Å². The zero-order chi connectivity index (χ0) is 15.7. The first-order chi connectivity index (χ1) is 10.6. The third-order valence-corrected chi connectivity index (χ3v) is 4.41. The first-order valence-corrected chi connectivity index (χ1v) is 8.11. The van der Waals surface area contributed by atoms with Gasteiger partial charge < -0.3 is 4.74 Å². The standard InChI is InChI=1S/C18H17NO2S/c1-4-21-18(20)14-10-15(16-6-5-7-22-16)19-17-12(3)8-11(2)9-13(14)17/h5-10H,4H2,1-3H3. The third kappa shape index (κ3) is 2.62. The molecule has 0 saturated heterocycles. The average molecular weight is 311 g/mol. The predicted octanol–water partition coefficient (Wildman–Crippen LogP) is 4.76. The molecule has 22 heavy (non-hydrogen) atoms. The summed E-state index contributed by atoms with van der Waals surface area (Å²) in [5, 5.41) is 2.86. The summed E-state index contributed by atoms with van der Waals surface area (Å²) in [6.45, 7) is 6.23. The van der Waals surface area contributed by atoms with Gasteiger partial charge in [-0.1, -0.05) is 17.7 Å². The lowest BCUT2D eigenvalue weighted by atomic mass is 10.0. The predicted molar refractivity (Wildman–Crippen MR) is 90.5 cm³/mol. The van der Waals surface area contributed by atoms with Crippen molar-refractivity contribution in [2.45, 2.75) is 20.8 Å². The molecule has 1 aromatic carbocycles. The normalized spacial score (nSPS) is 10.9. The van der Waals surface area contributed by atoms with Crippen molar-refractivity contribution in [3.05, 3.63) is 52.4 Å². The van der Waals surface area contributed by atoms with Gasteiger partial charge in [0.1, 0.15) is 0 Å². The second-order valence-electron chi connectivity index (χ2n) is 5.23. The smallest absolute Gasteiger partial charge is 0.338 e. The molecule has 0 unspecified atom stereocenters. The number of fused-ring (bicyclic) bond motifs is 1. The van der Waals surface area contributed by atoms with Gasteiger partial charge in [-0.15, -0.1) is 11.3 Å². The molecule has 3 nitrogen and oxygen atoms in total. The molecule has 2 aromatic heterocycles. The van der Waals surface area contributed by atoms with Gasteiger partial charge in [0.25, 0.3) is 0 Å². The van der Waals surface area contributed by atoms with Gasteiger partial charge in [0, 0.05) is 5.39 Å². The van der Waals surface area contributed by atoms with Crippen LogP contribution in [0.25, 0.3) is 21.5 Å². The number of hydrogen-bond acceptors (Lipinski definition) is 4. The second kappa shape index (κ2) is 5.89. The Morgan fingerprint density at radius 1 is 1.27 bits per heavy atom. The molecule has 2 heterocycles. The van der Waals surface area contributed by atoms with Crippen molar-refractivity contribution in [1.29, 1.82) is 0 Å². The Morgan fingerprint density at radius 2 is 2.09 bits per heavy atom. The fraction of sp³-hybridized carbons (Fsp3) is 0.222. The lowest BCUT2D eigenvalue weighted by molar-refractivity contribution is 0.0528. The molecule has 0 fully saturated rings. The zero-order valence-corrected chi connectivity index (χ0v) is 13.7. The van der Waals surface area contributed by atoms with Crippen molar-refractivity contribution in [3.8, 4) is 10.6 Å². The number of ether oxygens (including phenoxy) is 1. The number of thiophene rings is 1. The quantitative estimate of drug-likeness (QED) is 0.655.